The van der Waals surface area contributed by atoms with Crippen LogP contribution in [0.2, 0.25) is 0 Å². The van der Waals surface area contributed by atoms with E-state index in [0.717, 1.165) is 28.3 Å². The summed E-state index contributed by atoms with van der Waals surface area (Å²) < 4.78 is 1.15. The van der Waals surface area contributed by atoms with Gasteiger partial charge in [-0.2, -0.15) is 0 Å². The monoisotopic (exact) mass is 339 g/mol. The molecular formula is C14H18BrN3S. The summed E-state index contributed by atoms with van der Waals surface area (Å²) in [6, 6.07) is 8.32. The Bertz CT molecular complexity index is 539. The minimum atomic E-state index is 0.0207. The van der Waals surface area contributed by atoms with E-state index in [1.165, 1.54) is 5.56 Å². The fourth-order valence-corrected chi connectivity index (χ4v) is 3.03. The first-order chi connectivity index (χ1) is 9.06. The molecule has 1 aromatic carbocycles. The van der Waals surface area contributed by atoms with Gasteiger partial charge in [0.15, 0.2) is 0 Å². The van der Waals surface area contributed by atoms with Crippen molar-refractivity contribution in [2.24, 2.45) is 5.73 Å². The van der Waals surface area contributed by atoms with E-state index in [1.807, 2.05) is 13.0 Å². The molecule has 0 radical (unpaired) electrons. The van der Waals surface area contributed by atoms with Gasteiger partial charge >= 0.3 is 0 Å². The minimum Gasteiger partial charge on any atom is -0.322 e. The van der Waals surface area contributed by atoms with Crippen molar-refractivity contribution >= 4 is 27.3 Å². The van der Waals surface area contributed by atoms with Crippen molar-refractivity contribution in [1.82, 2.24) is 9.88 Å². The van der Waals surface area contributed by atoms with Crippen LogP contribution in [0.4, 0.5) is 0 Å². The van der Waals surface area contributed by atoms with Crippen molar-refractivity contribution in [1.29, 1.82) is 0 Å². The third-order valence-corrected chi connectivity index (χ3v) is 4.66. The fourth-order valence-electron chi connectivity index (χ4n) is 1.85. The molecule has 0 aliphatic carbocycles. The zero-order valence-electron chi connectivity index (χ0n) is 11.1. The first kappa shape index (κ1) is 14.7. The second kappa shape index (κ2) is 6.61. The molecule has 1 unspecified atom stereocenters. The molecule has 0 spiro atoms. The highest BCUT2D eigenvalue weighted by atomic mass is 79.9. The lowest BCUT2D eigenvalue weighted by molar-refractivity contribution is 0.315. The largest absolute Gasteiger partial charge is 0.322 e. The summed E-state index contributed by atoms with van der Waals surface area (Å²) in [5.74, 6) is 0. The number of benzene rings is 1. The van der Waals surface area contributed by atoms with E-state index in [1.54, 1.807) is 11.3 Å². The van der Waals surface area contributed by atoms with Crippen LogP contribution in [-0.4, -0.2) is 16.9 Å². The molecule has 19 heavy (non-hydrogen) atoms. The zero-order valence-corrected chi connectivity index (χ0v) is 13.5. The average molecular weight is 340 g/mol. The number of nitrogens with two attached hydrogens (primary N) is 1. The third kappa shape index (κ3) is 4.11. The predicted octanol–water partition coefficient (Wildman–Crippen LogP) is 3.56. The van der Waals surface area contributed by atoms with E-state index >= 15 is 0 Å². The normalized spacial score (nSPS) is 12.9. The molecule has 0 aliphatic heterocycles. The third-order valence-electron chi connectivity index (χ3n) is 2.79. The molecule has 2 N–H and O–H groups in total. The molecule has 0 saturated carbocycles. The van der Waals surface area contributed by atoms with Gasteiger partial charge in [0.2, 0.25) is 0 Å². The van der Waals surface area contributed by atoms with E-state index in [4.69, 9.17) is 5.73 Å². The Morgan fingerprint density at radius 2 is 2.11 bits per heavy atom. The Hall–Kier alpha value is -0.750. The van der Waals surface area contributed by atoms with Gasteiger partial charge < -0.3 is 5.73 Å². The lowest BCUT2D eigenvalue weighted by Crippen LogP contribution is -2.18. The van der Waals surface area contributed by atoms with E-state index in [0.29, 0.717) is 0 Å². The molecule has 1 atom stereocenters. The first-order valence-corrected chi connectivity index (χ1v) is 7.85. The molecule has 0 amide bonds. The number of hydrogen-bond donors (Lipinski definition) is 1. The molecule has 5 heteroatoms. The van der Waals surface area contributed by atoms with Crippen molar-refractivity contribution in [2.75, 3.05) is 7.05 Å². The van der Waals surface area contributed by atoms with Crippen LogP contribution in [0, 0.1) is 0 Å². The maximum Gasteiger partial charge on any atom is 0.109 e. The van der Waals surface area contributed by atoms with Gasteiger partial charge in [0.1, 0.15) is 5.01 Å². The summed E-state index contributed by atoms with van der Waals surface area (Å²) in [5, 5.41) is 3.10. The van der Waals surface area contributed by atoms with E-state index in [-0.39, 0.29) is 6.04 Å². The smallest absolute Gasteiger partial charge is 0.109 e. The van der Waals surface area contributed by atoms with Gasteiger partial charge in [-0.15, -0.1) is 11.3 Å². The predicted molar refractivity (Wildman–Crippen MR) is 84.0 cm³/mol. The standard InChI is InChI=1S/C14H18BrN3S/c1-10(16)14-17-12(9-19-14)8-18(2)7-11-5-3-4-6-13(11)15/h3-6,9-10H,7-8,16H2,1-2H3. The van der Waals surface area contributed by atoms with Gasteiger partial charge in [-0.05, 0) is 25.6 Å². The second-order valence-electron chi connectivity index (χ2n) is 4.73. The average Bonchev–Trinajstić information content (AvgIpc) is 2.80. The van der Waals surface area contributed by atoms with Crippen LogP contribution in [0.25, 0.3) is 0 Å². The Labute approximate surface area is 126 Å². The Kier molecular flexibility index (Phi) is 5.10. The van der Waals surface area contributed by atoms with Crippen LogP contribution in [0.5, 0.6) is 0 Å². The molecule has 0 bridgehead atoms. The summed E-state index contributed by atoms with van der Waals surface area (Å²) in [7, 11) is 2.10. The van der Waals surface area contributed by atoms with Crippen LogP contribution in [0.1, 0.15) is 29.2 Å². The van der Waals surface area contributed by atoms with Crippen LogP contribution in [-0.2, 0) is 13.1 Å². The molecular weight excluding hydrogens is 322 g/mol. The number of halogens is 1. The van der Waals surface area contributed by atoms with E-state index in [2.05, 4.69) is 56.4 Å². The lowest BCUT2D eigenvalue weighted by atomic mass is 10.2. The molecule has 102 valence electrons. The topological polar surface area (TPSA) is 42.1 Å². The highest BCUT2D eigenvalue weighted by Crippen LogP contribution is 2.20. The van der Waals surface area contributed by atoms with Gasteiger partial charge in [-0.1, -0.05) is 34.1 Å². The first-order valence-electron chi connectivity index (χ1n) is 6.18. The van der Waals surface area contributed by atoms with Crippen molar-refractivity contribution in [2.45, 2.75) is 26.1 Å². The van der Waals surface area contributed by atoms with Crippen LogP contribution in [0.3, 0.4) is 0 Å². The molecule has 2 rings (SSSR count). The number of aromatic nitrogens is 1. The van der Waals surface area contributed by atoms with Crippen molar-refractivity contribution in [3.05, 3.63) is 50.4 Å². The molecule has 0 fully saturated rings. The van der Waals surface area contributed by atoms with E-state index in [9.17, 15) is 0 Å². The summed E-state index contributed by atoms with van der Waals surface area (Å²) >= 11 is 5.21. The number of nitrogens with zero attached hydrogens (tertiary/aromatic N) is 2. The number of thiazole rings is 1. The van der Waals surface area contributed by atoms with E-state index < -0.39 is 0 Å². The summed E-state index contributed by atoms with van der Waals surface area (Å²) in [5.41, 5.74) is 8.20. The Morgan fingerprint density at radius 1 is 1.37 bits per heavy atom. The lowest BCUT2D eigenvalue weighted by Gasteiger charge is -2.16. The van der Waals surface area contributed by atoms with Crippen molar-refractivity contribution in [3.8, 4) is 0 Å². The summed E-state index contributed by atoms with van der Waals surface area (Å²) in [4.78, 5) is 6.80. The van der Waals surface area contributed by atoms with Crippen molar-refractivity contribution < 1.29 is 0 Å². The molecule has 0 aliphatic rings. The van der Waals surface area contributed by atoms with Gasteiger partial charge in [-0.3, -0.25) is 4.90 Å². The zero-order chi connectivity index (χ0) is 13.8. The molecule has 0 saturated heterocycles. The van der Waals surface area contributed by atoms with Gasteiger partial charge in [0.05, 0.1) is 11.7 Å². The molecule has 1 heterocycles. The van der Waals surface area contributed by atoms with Crippen LogP contribution in [0.15, 0.2) is 34.1 Å². The number of hydrogen-bond acceptors (Lipinski definition) is 4. The number of rotatable bonds is 5. The summed E-state index contributed by atoms with van der Waals surface area (Å²) in [6.45, 7) is 3.70. The second-order valence-corrected chi connectivity index (χ2v) is 6.47. The highest BCUT2D eigenvalue weighted by Gasteiger charge is 2.09. The van der Waals surface area contributed by atoms with Gasteiger partial charge in [0.25, 0.3) is 0 Å². The molecule has 3 nitrogen and oxygen atoms in total. The highest BCUT2D eigenvalue weighted by molar-refractivity contribution is 9.10. The molecule has 2 aromatic rings. The summed E-state index contributed by atoms with van der Waals surface area (Å²) in [6.07, 6.45) is 0. The van der Waals surface area contributed by atoms with Gasteiger partial charge in [-0.25, -0.2) is 4.98 Å². The Balaban J connectivity index is 1.97. The SMILES string of the molecule is CC(N)c1nc(CN(C)Cc2ccccc2Br)cs1. The fraction of sp³-hybridized carbons (Fsp3) is 0.357. The Morgan fingerprint density at radius 3 is 2.74 bits per heavy atom. The van der Waals surface area contributed by atoms with Crippen LogP contribution < -0.4 is 5.73 Å². The van der Waals surface area contributed by atoms with Crippen LogP contribution >= 0.6 is 27.3 Å². The maximum absolute atomic E-state index is 5.83. The quantitative estimate of drug-likeness (QED) is 0.905. The van der Waals surface area contributed by atoms with Gasteiger partial charge in [0, 0.05) is 22.9 Å². The van der Waals surface area contributed by atoms with Crippen molar-refractivity contribution in [3.63, 3.8) is 0 Å². The maximum atomic E-state index is 5.83. The minimum absolute atomic E-state index is 0.0207. The molecule has 1 aromatic heterocycles.